The molecule has 0 unspecified atom stereocenters. The quantitative estimate of drug-likeness (QED) is 0.692. The lowest BCUT2D eigenvalue weighted by Crippen LogP contribution is -2.20. The Labute approximate surface area is 119 Å². The van der Waals surface area contributed by atoms with Gasteiger partial charge < -0.3 is 15.4 Å². The Morgan fingerprint density at radius 1 is 1.50 bits per heavy atom. The van der Waals surface area contributed by atoms with Crippen LogP contribution in [0.5, 0.6) is 0 Å². The van der Waals surface area contributed by atoms with Crippen molar-refractivity contribution in [1.82, 2.24) is 9.55 Å². The zero-order valence-electron chi connectivity index (χ0n) is 10.5. The van der Waals surface area contributed by atoms with Gasteiger partial charge in [-0.3, -0.25) is 4.79 Å². The third kappa shape index (κ3) is 2.94. The number of nitro groups is 1. The summed E-state index contributed by atoms with van der Waals surface area (Å²) in [7, 11) is 0. The summed E-state index contributed by atoms with van der Waals surface area (Å²) in [6.07, 6.45) is 1.12. The smallest absolute Gasteiger partial charge is 0.343 e. The number of halogens is 1. The minimum atomic E-state index is -0.581. The molecule has 7 nitrogen and oxygen atoms in total. The van der Waals surface area contributed by atoms with Crippen LogP contribution in [-0.4, -0.2) is 20.4 Å². The van der Waals surface area contributed by atoms with Crippen LogP contribution >= 0.6 is 11.6 Å². The number of rotatable bonds is 4. The van der Waals surface area contributed by atoms with Gasteiger partial charge in [-0.2, -0.15) is 0 Å². The van der Waals surface area contributed by atoms with Gasteiger partial charge in [0.25, 0.3) is 5.91 Å². The van der Waals surface area contributed by atoms with E-state index in [1.165, 1.54) is 4.57 Å². The molecule has 2 rings (SSSR count). The Morgan fingerprint density at radius 2 is 2.20 bits per heavy atom. The van der Waals surface area contributed by atoms with Crippen LogP contribution in [-0.2, 0) is 11.3 Å². The molecule has 0 fully saturated rings. The van der Waals surface area contributed by atoms with E-state index >= 15 is 0 Å². The number of anilines is 1. The van der Waals surface area contributed by atoms with Crippen LogP contribution in [0.2, 0.25) is 5.02 Å². The highest BCUT2D eigenvalue weighted by Gasteiger charge is 2.20. The van der Waals surface area contributed by atoms with Crippen LogP contribution in [0, 0.1) is 17.0 Å². The molecule has 1 aromatic heterocycles. The molecular formula is C12H11ClN4O3. The van der Waals surface area contributed by atoms with Crippen LogP contribution in [0.4, 0.5) is 11.5 Å². The molecule has 0 aliphatic rings. The molecule has 104 valence electrons. The van der Waals surface area contributed by atoms with Gasteiger partial charge in [0, 0.05) is 6.92 Å². The summed E-state index contributed by atoms with van der Waals surface area (Å²) in [6.45, 7) is 1.39. The Bertz CT molecular complexity index is 668. The van der Waals surface area contributed by atoms with E-state index in [9.17, 15) is 14.9 Å². The average Bonchev–Trinajstić information content (AvgIpc) is 2.74. The SMILES string of the molecule is Cc1ncc([N+](=O)[O-])n1CC(=O)Nc1ccccc1Cl. The van der Waals surface area contributed by atoms with Crippen molar-refractivity contribution in [3.8, 4) is 0 Å². The molecule has 20 heavy (non-hydrogen) atoms. The molecule has 1 heterocycles. The predicted octanol–water partition coefficient (Wildman–Crippen LogP) is 2.39. The number of carbonyl (C=O) groups is 1. The molecule has 1 aromatic carbocycles. The zero-order valence-corrected chi connectivity index (χ0v) is 11.3. The highest BCUT2D eigenvalue weighted by molar-refractivity contribution is 6.33. The Balaban J connectivity index is 2.15. The van der Waals surface area contributed by atoms with Crippen molar-refractivity contribution >= 4 is 29.0 Å². The van der Waals surface area contributed by atoms with Gasteiger partial charge in [-0.15, -0.1) is 0 Å². The van der Waals surface area contributed by atoms with E-state index < -0.39 is 10.8 Å². The number of amides is 1. The standard InChI is InChI=1S/C12H11ClN4O3/c1-8-14-6-12(17(19)20)16(8)7-11(18)15-10-5-3-2-4-9(10)13/h2-6H,7H2,1H3,(H,15,18). The van der Waals surface area contributed by atoms with E-state index in [0.29, 0.717) is 16.5 Å². The molecule has 0 aliphatic heterocycles. The maximum atomic E-state index is 11.9. The van der Waals surface area contributed by atoms with Gasteiger partial charge in [0.15, 0.2) is 12.4 Å². The second-order valence-corrected chi connectivity index (χ2v) is 4.44. The van der Waals surface area contributed by atoms with Gasteiger partial charge in [0.2, 0.25) is 0 Å². The summed E-state index contributed by atoms with van der Waals surface area (Å²) in [5.74, 6) is -0.245. The van der Waals surface area contributed by atoms with Crippen LogP contribution in [0.25, 0.3) is 0 Å². The molecule has 2 aromatic rings. The third-order valence-electron chi connectivity index (χ3n) is 2.67. The number of imidazole rings is 1. The fourth-order valence-corrected chi connectivity index (χ4v) is 1.88. The van der Waals surface area contributed by atoms with Crippen molar-refractivity contribution in [2.45, 2.75) is 13.5 Å². The number of hydrogen-bond acceptors (Lipinski definition) is 4. The largest absolute Gasteiger partial charge is 0.358 e. The number of nitrogens with zero attached hydrogens (tertiary/aromatic N) is 3. The van der Waals surface area contributed by atoms with E-state index in [-0.39, 0.29) is 12.4 Å². The molecule has 1 amide bonds. The van der Waals surface area contributed by atoms with Crippen molar-refractivity contribution in [3.63, 3.8) is 0 Å². The van der Waals surface area contributed by atoms with Crippen molar-refractivity contribution in [3.05, 3.63) is 51.4 Å². The predicted molar refractivity (Wildman–Crippen MR) is 73.7 cm³/mol. The van der Waals surface area contributed by atoms with E-state index in [1.807, 2.05) is 0 Å². The summed E-state index contributed by atoms with van der Waals surface area (Å²) >= 11 is 5.92. The van der Waals surface area contributed by atoms with Crippen molar-refractivity contribution < 1.29 is 9.72 Å². The van der Waals surface area contributed by atoms with Gasteiger partial charge >= 0.3 is 5.82 Å². The topological polar surface area (TPSA) is 90.1 Å². The first-order chi connectivity index (χ1) is 9.49. The zero-order chi connectivity index (χ0) is 14.7. The Morgan fingerprint density at radius 3 is 2.85 bits per heavy atom. The number of benzene rings is 1. The summed E-state index contributed by atoms with van der Waals surface area (Å²) in [5, 5.41) is 13.8. The first-order valence-electron chi connectivity index (χ1n) is 5.70. The molecule has 0 saturated heterocycles. The van der Waals surface area contributed by atoms with Crippen molar-refractivity contribution in [2.75, 3.05) is 5.32 Å². The Kier molecular flexibility index (Phi) is 3.99. The van der Waals surface area contributed by atoms with Crippen molar-refractivity contribution in [1.29, 1.82) is 0 Å². The maximum Gasteiger partial charge on any atom is 0.343 e. The van der Waals surface area contributed by atoms with Crippen LogP contribution < -0.4 is 5.32 Å². The monoisotopic (exact) mass is 294 g/mol. The first kappa shape index (κ1) is 14.0. The fourth-order valence-electron chi connectivity index (χ4n) is 1.69. The van der Waals surface area contributed by atoms with E-state index in [0.717, 1.165) is 6.20 Å². The second kappa shape index (κ2) is 5.70. The number of aryl methyl sites for hydroxylation is 1. The number of para-hydroxylation sites is 1. The van der Waals surface area contributed by atoms with Crippen molar-refractivity contribution in [2.24, 2.45) is 0 Å². The van der Waals surface area contributed by atoms with Gasteiger partial charge in [-0.1, -0.05) is 23.7 Å². The molecule has 1 N–H and O–H groups in total. The number of nitrogens with one attached hydrogen (secondary N) is 1. The summed E-state index contributed by atoms with van der Waals surface area (Å²) in [5.41, 5.74) is 0.458. The average molecular weight is 295 g/mol. The first-order valence-corrected chi connectivity index (χ1v) is 6.07. The number of aromatic nitrogens is 2. The van der Waals surface area contributed by atoms with Gasteiger partial charge in [-0.25, -0.2) is 9.55 Å². The lowest BCUT2D eigenvalue weighted by atomic mass is 10.3. The van der Waals surface area contributed by atoms with Gasteiger partial charge in [0.1, 0.15) is 6.20 Å². The Hall–Kier alpha value is -2.41. The highest BCUT2D eigenvalue weighted by Crippen LogP contribution is 2.21. The van der Waals surface area contributed by atoms with E-state index in [2.05, 4.69) is 10.3 Å². The molecule has 0 atom stereocenters. The lowest BCUT2D eigenvalue weighted by Gasteiger charge is -2.06. The van der Waals surface area contributed by atoms with E-state index in [1.54, 1.807) is 31.2 Å². The molecule has 0 saturated carbocycles. The van der Waals surface area contributed by atoms with Gasteiger partial charge in [-0.05, 0) is 17.1 Å². The summed E-state index contributed by atoms with van der Waals surface area (Å²) < 4.78 is 1.23. The van der Waals surface area contributed by atoms with Gasteiger partial charge in [0.05, 0.1) is 10.7 Å². The molecule has 0 radical (unpaired) electrons. The minimum absolute atomic E-state index is 0.201. The fraction of sp³-hybridized carbons (Fsp3) is 0.167. The lowest BCUT2D eigenvalue weighted by molar-refractivity contribution is -0.392. The highest BCUT2D eigenvalue weighted by atomic mass is 35.5. The number of hydrogen-bond donors (Lipinski definition) is 1. The maximum absolute atomic E-state index is 11.9. The van der Waals surface area contributed by atoms with Crippen LogP contribution in [0.1, 0.15) is 5.82 Å². The molecular weight excluding hydrogens is 284 g/mol. The minimum Gasteiger partial charge on any atom is -0.358 e. The summed E-state index contributed by atoms with van der Waals surface area (Å²) in [4.78, 5) is 26.0. The normalized spacial score (nSPS) is 10.3. The number of carbonyl (C=O) groups excluding carboxylic acids is 1. The molecule has 0 aliphatic carbocycles. The molecule has 8 heteroatoms. The molecule has 0 bridgehead atoms. The summed E-state index contributed by atoms with van der Waals surface area (Å²) in [6, 6.07) is 6.76. The molecule has 0 spiro atoms. The second-order valence-electron chi connectivity index (χ2n) is 4.03. The third-order valence-corrected chi connectivity index (χ3v) is 3.00. The van der Waals surface area contributed by atoms with Crippen LogP contribution in [0.15, 0.2) is 30.5 Å². The van der Waals surface area contributed by atoms with E-state index in [4.69, 9.17) is 11.6 Å². The van der Waals surface area contributed by atoms with Crippen LogP contribution in [0.3, 0.4) is 0 Å².